The first-order valence-corrected chi connectivity index (χ1v) is 10.5. The van der Waals surface area contributed by atoms with Crippen LogP contribution >= 0.6 is 0 Å². The highest BCUT2D eigenvalue weighted by Crippen LogP contribution is 2.43. The Kier molecular flexibility index (Phi) is 7.19. The van der Waals surface area contributed by atoms with Crippen LogP contribution in [0.3, 0.4) is 0 Å². The van der Waals surface area contributed by atoms with Crippen molar-refractivity contribution >= 4 is 23.7 Å². The van der Waals surface area contributed by atoms with Crippen LogP contribution in [0.5, 0.6) is 5.75 Å². The molecule has 1 aromatic carbocycles. The molecule has 1 fully saturated rings. The number of carbonyl (C=O) groups excluding carboxylic acids is 4. The van der Waals surface area contributed by atoms with Crippen LogP contribution in [-0.4, -0.2) is 41.7 Å². The smallest absolute Gasteiger partial charge is 0.327 e. The fourth-order valence-corrected chi connectivity index (χ4v) is 3.65. The zero-order valence-corrected chi connectivity index (χ0v) is 17.8. The Balaban J connectivity index is 1.53. The average Bonchev–Trinajstić information content (AvgIpc) is 3.07. The van der Waals surface area contributed by atoms with Crippen LogP contribution in [-0.2, 0) is 19.2 Å². The van der Waals surface area contributed by atoms with Gasteiger partial charge in [-0.3, -0.25) is 24.1 Å². The first kappa shape index (κ1) is 24.4. The van der Waals surface area contributed by atoms with E-state index in [1.54, 1.807) is 0 Å². The van der Waals surface area contributed by atoms with Crippen LogP contribution in [0.2, 0.25) is 0 Å². The van der Waals surface area contributed by atoms with E-state index < -0.39 is 51.9 Å². The third-order valence-corrected chi connectivity index (χ3v) is 5.91. The Morgan fingerprint density at radius 3 is 2.18 bits per heavy atom. The molecule has 3 amide bonds. The first-order valence-electron chi connectivity index (χ1n) is 10.5. The molecule has 0 unspecified atom stereocenters. The van der Waals surface area contributed by atoms with Crippen molar-refractivity contribution in [3.05, 3.63) is 41.0 Å². The second kappa shape index (κ2) is 9.72. The van der Waals surface area contributed by atoms with E-state index in [1.807, 2.05) is 0 Å². The summed E-state index contributed by atoms with van der Waals surface area (Å²) in [6.45, 7) is 1.29. The molecule has 0 bridgehead atoms. The Bertz CT molecular complexity index is 989. The number of nitrogens with one attached hydrogen (secondary N) is 1. The number of rotatable bonds is 9. The molecule has 0 spiro atoms. The van der Waals surface area contributed by atoms with Gasteiger partial charge in [-0.1, -0.05) is 6.42 Å². The van der Waals surface area contributed by atoms with Crippen LogP contribution < -0.4 is 10.1 Å². The summed E-state index contributed by atoms with van der Waals surface area (Å²) in [4.78, 5) is 49.3. The van der Waals surface area contributed by atoms with Crippen LogP contribution in [0.25, 0.3) is 0 Å². The number of carbonyl (C=O) groups is 4. The van der Waals surface area contributed by atoms with Gasteiger partial charge in [-0.25, -0.2) is 13.2 Å². The zero-order chi connectivity index (χ0) is 24.3. The molecule has 1 N–H and O–H groups in total. The van der Waals surface area contributed by atoms with E-state index in [0.29, 0.717) is 25.7 Å². The highest BCUT2D eigenvalue weighted by Gasteiger charge is 2.52. The molecular weight excluding hydrogens is 448 g/mol. The molecule has 1 aromatic rings. The number of benzene rings is 1. The molecule has 33 heavy (non-hydrogen) atoms. The maximum Gasteiger partial charge on any atom is 0.327 e. The van der Waals surface area contributed by atoms with Gasteiger partial charge in [0.25, 0.3) is 11.8 Å². The molecule has 1 heterocycles. The molecule has 7 nitrogen and oxygen atoms in total. The van der Waals surface area contributed by atoms with Gasteiger partial charge < -0.3 is 10.1 Å². The predicted octanol–water partition coefficient (Wildman–Crippen LogP) is 2.84. The molecule has 0 saturated heterocycles. The van der Waals surface area contributed by atoms with Crippen molar-refractivity contribution in [1.29, 1.82) is 0 Å². The summed E-state index contributed by atoms with van der Waals surface area (Å²) in [5, 5.41) is 2.58. The summed E-state index contributed by atoms with van der Waals surface area (Å²) in [5.41, 5.74) is -2.52. The van der Waals surface area contributed by atoms with Crippen molar-refractivity contribution in [3.8, 4) is 5.75 Å². The lowest BCUT2D eigenvalue weighted by Gasteiger charge is -2.37. The van der Waals surface area contributed by atoms with Gasteiger partial charge in [-0.2, -0.15) is 4.39 Å². The number of ether oxygens (including phenoxy) is 1. The van der Waals surface area contributed by atoms with E-state index >= 15 is 0 Å². The number of hydrogen-bond acceptors (Lipinski definition) is 5. The van der Waals surface area contributed by atoms with Crippen molar-refractivity contribution < 1.29 is 41.5 Å². The van der Waals surface area contributed by atoms with Crippen LogP contribution in [0, 0.1) is 35.6 Å². The molecule has 0 aromatic heterocycles. The Labute approximate surface area is 186 Å². The fraction of sp³-hybridized carbons (Fsp3) is 0.455. The SMILES string of the molecule is Cc1c(F)c(F)c(F)c(OC(=O)C2(C(=O)NCCCCCN3C(=O)C=CC3=O)CCC2)c1F. The third-order valence-electron chi connectivity index (χ3n) is 5.91. The van der Waals surface area contributed by atoms with E-state index in [2.05, 4.69) is 5.32 Å². The number of halogens is 4. The van der Waals surface area contributed by atoms with Crippen molar-refractivity contribution in [2.45, 2.75) is 45.4 Å². The summed E-state index contributed by atoms with van der Waals surface area (Å²) in [6, 6.07) is 0. The topological polar surface area (TPSA) is 92.8 Å². The lowest BCUT2D eigenvalue weighted by Crippen LogP contribution is -2.53. The second-order valence-corrected chi connectivity index (χ2v) is 8.01. The van der Waals surface area contributed by atoms with Crippen molar-refractivity contribution in [3.63, 3.8) is 0 Å². The average molecular weight is 470 g/mol. The maximum atomic E-state index is 14.2. The normalized spacial score (nSPS) is 16.7. The van der Waals surface area contributed by atoms with Gasteiger partial charge in [0.15, 0.2) is 17.5 Å². The highest BCUT2D eigenvalue weighted by atomic mass is 19.2. The summed E-state index contributed by atoms with van der Waals surface area (Å²) >= 11 is 0. The summed E-state index contributed by atoms with van der Waals surface area (Å²) in [6.07, 6.45) is 4.64. The number of amides is 3. The van der Waals surface area contributed by atoms with Crippen molar-refractivity contribution in [2.24, 2.45) is 5.41 Å². The summed E-state index contributed by atoms with van der Waals surface area (Å²) in [7, 11) is 0. The Hall–Kier alpha value is -3.24. The number of unbranched alkanes of at least 4 members (excludes halogenated alkanes) is 2. The quantitative estimate of drug-likeness (QED) is 0.0876. The molecule has 1 aliphatic carbocycles. The number of esters is 1. The molecule has 178 valence electrons. The van der Waals surface area contributed by atoms with E-state index in [-0.39, 0.29) is 37.7 Å². The van der Waals surface area contributed by atoms with Gasteiger partial charge in [0, 0.05) is 30.8 Å². The van der Waals surface area contributed by atoms with Crippen LogP contribution in [0.15, 0.2) is 12.2 Å². The molecule has 11 heteroatoms. The van der Waals surface area contributed by atoms with Gasteiger partial charge in [0.05, 0.1) is 0 Å². The van der Waals surface area contributed by atoms with Gasteiger partial charge >= 0.3 is 5.97 Å². The minimum Gasteiger partial charge on any atom is -0.419 e. The van der Waals surface area contributed by atoms with Gasteiger partial charge in [0.1, 0.15) is 5.41 Å². The molecule has 2 aliphatic rings. The minimum atomic E-state index is -1.98. The zero-order valence-electron chi connectivity index (χ0n) is 17.8. The predicted molar refractivity (Wildman–Crippen MR) is 106 cm³/mol. The third kappa shape index (κ3) is 4.62. The van der Waals surface area contributed by atoms with Gasteiger partial charge in [0.2, 0.25) is 17.5 Å². The number of hydrogen-bond donors (Lipinski definition) is 1. The monoisotopic (exact) mass is 470 g/mol. The molecule has 0 radical (unpaired) electrons. The van der Waals surface area contributed by atoms with Crippen molar-refractivity contribution in [1.82, 2.24) is 10.2 Å². The highest BCUT2D eigenvalue weighted by molar-refractivity contribution is 6.12. The Morgan fingerprint density at radius 2 is 1.61 bits per heavy atom. The van der Waals surface area contributed by atoms with E-state index in [9.17, 15) is 36.7 Å². The van der Waals surface area contributed by atoms with Crippen molar-refractivity contribution in [2.75, 3.05) is 13.1 Å². The van der Waals surface area contributed by atoms with Crippen LogP contribution in [0.4, 0.5) is 17.6 Å². The van der Waals surface area contributed by atoms with E-state index in [1.165, 1.54) is 12.2 Å². The molecule has 1 saturated carbocycles. The van der Waals surface area contributed by atoms with E-state index in [0.717, 1.165) is 11.8 Å². The molecule has 3 rings (SSSR count). The minimum absolute atomic E-state index is 0.0791. The molecular formula is C22H22F4N2O5. The lowest BCUT2D eigenvalue weighted by molar-refractivity contribution is -0.160. The number of imide groups is 1. The maximum absolute atomic E-state index is 14.2. The Morgan fingerprint density at radius 1 is 0.970 bits per heavy atom. The standard InChI is InChI=1S/C22H22F4N2O5/c1-12-15(23)17(25)18(26)19(16(12)24)33-21(32)22(8-5-9-22)20(31)27-10-3-2-4-11-28-13(29)6-7-14(28)30/h6-7H,2-5,8-11H2,1H3,(H,27,31). The van der Waals surface area contributed by atoms with E-state index in [4.69, 9.17) is 4.74 Å². The van der Waals surface area contributed by atoms with Gasteiger partial charge in [-0.15, -0.1) is 0 Å². The molecule has 1 aliphatic heterocycles. The number of nitrogens with zero attached hydrogens (tertiary/aromatic N) is 1. The first-order chi connectivity index (χ1) is 15.6. The molecule has 0 atom stereocenters. The van der Waals surface area contributed by atoms with Crippen LogP contribution in [0.1, 0.15) is 44.1 Å². The lowest BCUT2D eigenvalue weighted by atomic mass is 9.68. The summed E-state index contributed by atoms with van der Waals surface area (Å²) in [5.74, 6) is -11.3. The van der Waals surface area contributed by atoms with Gasteiger partial charge in [-0.05, 0) is 39.0 Å². The largest absolute Gasteiger partial charge is 0.419 e. The summed E-state index contributed by atoms with van der Waals surface area (Å²) < 4.78 is 59.9. The second-order valence-electron chi connectivity index (χ2n) is 8.01. The fourth-order valence-electron chi connectivity index (χ4n) is 3.65.